The summed E-state index contributed by atoms with van der Waals surface area (Å²) >= 11 is 0. The van der Waals surface area contributed by atoms with Crippen LogP contribution in [0.2, 0.25) is 0 Å². The quantitative estimate of drug-likeness (QED) is 0.803. The largest absolute Gasteiger partial charge is 0.481 e. The maximum absolute atomic E-state index is 12.1. The van der Waals surface area contributed by atoms with Crippen molar-refractivity contribution in [2.24, 2.45) is 5.92 Å². The van der Waals surface area contributed by atoms with Gasteiger partial charge in [0.1, 0.15) is 0 Å². The first-order valence-corrected chi connectivity index (χ1v) is 6.93. The number of likely N-dealkylation sites (tertiary alicyclic amines) is 1. The number of amides is 2. The van der Waals surface area contributed by atoms with Crippen molar-refractivity contribution in [3.8, 4) is 0 Å². The SMILES string of the molecule is CO[C@@H]1CCC[C@H]1NC(=O)N1CCC(C(=O)O)CC1. The lowest BCUT2D eigenvalue weighted by Gasteiger charge is -2.32. The summed E-state index contributed by atoms with van der Waals surface area (Å²) in [6, 6.07) is 0.00693. The number of nitrogens with zero attached hydrogens (tertiary/aromatic N) is 1. The Bertz CT molecular complexity index is 340. The Morgan fingerprint density at radius 2 is 1.89 bits per heavy atom. The molecule has 2 amide bonds. The molecule has 0 aromatic rings. The van der Waals surface area contributed by atoms with Crippen LogP contribution in [0.1, 0.15) is 32.1 Å². The van der Waals surface area contributed by atoms with E-state index in [9.17, 15) is 9.59 Å². The second-order valence-electron chi connectivity index (χ2n) is 5.36. The molecule has 2 rings (SSSR count). The Kier molecular flexibility index (Phi) is 4.63. The van der Waals surface area contributed by atoms with Crippen LogP contribution in [-0.4, -0.2) is 54.4 Å². The third-order valence-electron chi connectivity index (χ3n) is 4.20. The van der Waals surface area contributed by atoms with Crippen LogP contribution in [0.5, 0.6) is 0 Å². The minimum Gasteiger partial charge on any atom is -0.481 e. The number of carbonyl (C=O) groups excluding carboxylic acids is 1. The van der Waals surface area contributed by atoms with E-state index in [0.717, 1.165) is 19.3 Å². The highest BCUT2D eigenvalue weighted by Crippen LogP contribution is 2.22. The van der Waals surface area contributed by atoms with Gasteiger partial charge in [0.15, 0.2) is 0 Å². The number of carboxylic acids is 1. The van der Waals surface area contributed by atoms with Gasteiger partial charge in [-0.15, -0.1) is 0 Å². The zero-order chi connectivity index (χ0) is 13.8. The number of hydrogen-bond acceptors (Lipinski definition) is 3. The predicted molar refractivity (Wildman–Crippen MR) is 68.9 cm³/mol. The molecule has 1 heterocycles. The lowest BCUT2D eigenvalue weighted by Crippen LogP contribution is -2.50. The fourth-order valence-corrected chi connectivity index (χ4v) is 2.95. The van der Waals surface area contributed by atoms with E-state index in [2.05, 4.69) is 5.32 Å². The summed E-state index contributed by atoms with van der Waals surface area (Å²) in [6.45, 7) is 1.04. The van der Waals surface area contributed by atoms with Gasteiger partial charge < -0.3 is 20.1 Å². The zero-order valence-corrected chi connectivity index (χ0v) is 11.3. The van der Waals surface area contributed by atoms with Crippen molar-refractivity contribution in [1.82, 2.24) is 10.2 Å². The predicted octanol–water partition coefficient (Wildman–Crippen LogP) is 1.06. The van der Waals surface area contributed by atoms with Crippen LogP contribution in [0.15, 0.2) is 0 Å². The van der Waals surface area contributed by atoms with Gasteiger partial charge in [0.05, 0.1) is 18.1 Å². The molecule has 2 atom stereocenters. The van der Waals surface area contributed by atoms with E-state index >= 15 is 0 Å². The summed E-state index contributed by atoms with van der Waals surface area (Å²) in [5.74, 6) is -1.06. The van der Waals surface area contributed by atoms with E-state index in [1.54, 1.807) is 12.0 Å². The molecule has 0 aromatic carbocycles. The normalized spacial score (nSPS) is 28.4. The summed E-state index contributed by atoms with van der Waals surface area (Å²) in [5, 5.41) is 11.9. The first-order chi connectivity index (χ1) is 9.11. The number of ether oxygens (including phenoxy) is 1. The van der Waals surface area contributed by atoms with Crippen molar-refractivity contribution < 1.29 is 19.4 Å². The monoisotopic (exact) mass is 270 g/mol. The second-order valence-corrected chi connectivity index (χ2v) is 5.36. The van der Waals surface area contributed by atoms with Gasteiger partial charge in [-0.2, -0.15) is 0 Å². The first kappa shape index (κ1) is 14.1. The lowest BCUT2D eigenvalue weighted by molar-refractivity contribution is -0.143. The minimum atomic E-state index is -0.754. The van der Waals surface area contributed by atoms with Crippen LogP contribution in [0.25, 0.3) is 0 Å². The van der Waals surface area contributed by atoms with Crippen LogP contribution in [0.3, 0.4) is 0 Å². The van der Waals surface area contributed by atoms with E-state index in [-0.39, 0.29) is 24.1 Å². The molecule has 0 unspecified atom stereocenters. The fourth-order valence-electron chi connectivity index (χ4n) is 2.95. The van der Waals surface area contributed by atoms with Crippen LogP contribution in [0.4, 0.5) is 4.79 Å². The first-order valence-electron chi connectivity index (χ1n) is 6.93. The van der Waals surface area contributed by atoms with Crippen LogP contribution in [0, 0.1) is 5.92 Å². The fraction of sp³-hybridized carbons (Fsp3) is 0.846. The summed E-state index contributed by atoms with van der Waals surface area (Å²) in [4.78, 5) is 24.7. The highest BCUT2D eigenvalue weighted by Gasteiger charge is 2.32. The second kappa shape index (κ2) is 6.23. The van der Waals surface area contributed by atoms with Gasteiger partial charge in [0.2, 0.25) is 0 Å². The number of rotatable bonds is 3. The summed E-state index contributed by atoms with van der Waals surface area (Å²) in [7, 11) is 1.67. The van der Waals surface area contributed by atoms with E-state index in [1.165, 1.54) is 0 Å². The minimum absolute atomic E-state index is 0.0854. The van der Waals surface area contributed by atoms with Gasteiger partial charge in [-0.3, -0.25) is 4.79 Å². The van der Waals surface area contributed by atoms with E-state index in [0.29, 0.717) is 25.9 Å². The Balaban J connectivity index is 1.80. The lowest BCUT2D eigenvalue weighted by atomic mass is 9.97. The summed E-state index contributed by atoms with van der Waals surface area (Å²) in [6.07, 6.45) is 4.21. The van der Waals surface area contributed by atoms with Gasteiger partial charge in [0, 0.05) is 20.2 Å². The van der Waals surface area contributed by atoms with Gasteiger partial charge in [0.25, 0.3) is 0 Å². The van der Waals surface area contributed by atoms with Crippen molar-refractivity contribution >= 4 is 12.0 Å². The molecular weight excluding hydrogens is 248 g/mol. The van der Waals surface area contributed by atoms with E-state index in [4.69, 9.17) is 9.84 Å². The third-order valence-corrected chi connectivity index (χ3v) is 4.20. The number of aliphatic carboxylic acids is 1. The molecule has 1 aliphatic heterocycles. The zero-order valence-electron chi connectivity index (χ0n) is 11.3. The Labute approximate surface area is 113 Å². The Hall–Kier alpha value is -1.30. The summed E-state index contributed by atoms with van der Waals surface area (Å²) < 4.78 is 5.35. The molecule has 19 heavy (non-hydrogen) atoms. The molecule has 6 heteroatoms. The molecule has 2 aliphatic rings. The molecule has 0 aromatic heterocycles. The number of methoxy groups -OCH3 is 1. The van der Waals surface area contributed by atoms with Crippen molar-refractivity contribution in [1.29, 1.82) is 0 Å². The van der Waals surface area contributed by atoms with Gasteiger partial charge in [-0.25, -0.2) is 4.79 Å². The van der Waals surface area contributed by atoms with Gasteiger partial charge in [-0.05, 0) is 32.1 Å². The smallest absolute Gasteiger partial charge is 0.317 e. The average molecular weight is 270 g/mol. The molecule has 2 fully saturated rings. The number of piperidine rings is 1. The van der Waals surface area contributed by atoms with Gasteiger partial charge >= 0.3 is 12.0 Å². The number of urea groups is 1. The molecule has 0 spiro atoms. The molecule has 0 radical (unpaired) electrons. The molecule has 108 valence electrons. The average Bonchev–Trinajstić information content (AvgIpc) is 2.86. The Morgan fingerprint density at radius 1 is 1.21 bits per heavy atom. The van der Waals surface area contributed by atoms with Gasteiger partial charge in [-0.1, -0.05) is 0 Å². The van der Waals surface area contributed by atoms with Crippen molar-refractivity contribution in [3.63, 3.8) is 0 Å². The molecular formula is C13H22N2O4. The van der Waals surface area contributed by atoms with Crippen LogP contribution >= 0.6 is 0 Å². The van der Waals surface area contributed by atoms with Crippen LogP contribution in [-0.2, 0) is 9.53 Å². The topological polar surface area (TPSA) is 78.9 Å². The standard InChI is InChI=1S/C13H22N2O4/c1-19-11-4-2-3-10(11)14-13(18)15-7-5-9(6-8-15)12(16)17/h9-11H,2-8H2,1H3,(H,14,18)(H,16,17)/t10-,11-/m1/s1. The molecule has 1 aliphatic carbocycles. The summed E-state index contributed by atoms with van der Waals surface area (Å²) in [5.41, 5.74) is 0. The number of carbonyl (C=O) groups is 2. The number of carboxylic acid groups (broad SMARTS) is 1. The van der Waals surface area contributed by atoms with E-state index in [1.807, 2.05) is 0 Å². The number of nitrogens with one attached hydrogen (secondary N) is 1. The molecule has 1 saturated carbocycles. The molecule has 2 N–H and O–H groups in total. The van der Waals surface area contributed by atoms with Crippen molar-refractivity contribution in [2.75, 3.05) is 20.2 Å². The molecule has 6 nitrogen and oxygen atoms in total. The maximum Gasteiger partial charge on any atom is 0.317 e. The van der Waals surface area contributed by atoms with E-state index < -0.39 is 5.97 Å². The maximum atomic E-state index is 12.1. The highest BCUT2D eigenvalue weighted by atomic mass is 16.5. The highest BCUT2D eigenvalue weighted by molar-refractivity contribution is 5.75. The number of hydrogen-bond donors (Lipinski definition) is 2. The van der Waals surface area contributed by atoms with Crippen molar-refractivity contribution in [3.05, 3.63) is 0 Å². The van der Waals surface area contributed by atoms with Crippen molar-refractivity contribution in [2.45, 2.75) is 44.2 Å². The Morgan fingerprint density at radius 3 is 2.47 bits per heavy atom. The molecule has 0 bridgehead atoms. The molecule has 1 saturated heterocycles. The van der Waals surface area contributed by atoms with Crippen LogP contribution < -0.4 is 5.32 Å². The third kappa shape index (κ3) is 3.37.